The van der Waals surface area contributed by atoms with Crippen molar-refractivity contribution in [2.45, 2.75) is 179 Å². The summed E-state index contributed by atoms with van der Waals surface area (Å²) in [5, 5.41) is 0. The van der Waals surface area contributed by atoms with Crippen LogP contribution in [0.3, 0.4) is 0 Å². The van der Waals surface area contributed by atoms with E-state index in [1.165, 1.54) is 112 Å². The van der Waals surface area contributed by atoms with E-state index in [0.29, 0.717) is 36.6 Å². The van der Waals surface area contributed by atoms with Crippen molar-refractivity contribution in [2.24, 2.45) is 11.8 Å². The van der Waals surface area contributed by atoms with Crippen LogP contribution in [0.25, 0.3) is 0 Å². The van der Waals surface area contributed by atoms with Gasteiger partial charge in [-0.2, -0.15) is 0 Å². The minimum absolute atomic E-state index is 0.0446. The van der Waals surface area contributed by atoms with Crippen molar-refractivity contribution in [2.75, 3.05) is 24.7 Å². The molecule has 0 bridgehead atoms. The van der Waals surface area contributed by atoms with Crippen LogP contribution in [0.2, 0.25) is 8.87 Å². The molecular weight excluding hydrogens is 679 g/mol. The molecule has 0 unspecified atom stereocenters. The van der Waals surface area contributed by atoms with E-state index in [-0.39, 0.29) is 11.9 Å². The number of rotatable bonds is 32. The minimum atomic E-state index is -2.95. The van der Waals surface area contributed by atoms with Gasteiger partial charge in [0.1, 0.15) is 0 Å². The maximum absolute atomic E-state index is 13.0. The molecule has 0 rings (SSSR count). The van der Waals surface area contributed by atoms with Crippen molar-refractivity contribution in [1.82, 2.24) is 0 Å². The van der Waals surface area contributed by atoms with Crippen molar-refractivity contribution in [3.8, 4) is 0 Å². The summed E-state index contributed by atoms with van der Waals surface area (Å²) >= 11 is -2.95. The summed E-state index contributed by atoms with van der Waals surface area (Å²) < 4.78 is 14.2. The molecule has 43 heavy (non-hydrogen) atoms. The van der Waals surface area contributed by atoms with E-state index in [1.807, 2.05) is 17.9 Å². The van der Waals surface area contributed by atoms with Crippen molar-refractivity contribution in [1.29, 1.82) is 0 Å². The van der Waals surface area contributed by atoms with Crippen LogP contribution in [0.1, 0.15) is 170 Å². The zero-order valence-corrected chi connectivity index (χ0v) is 34.0. The Balaban J connectivity index is 5.40. The van der Waals surface area contributed by atoms with Crippen LogP contribution in [0.5, 0.6) is 0 Å². The van der Waals surface area contributed by atoms with Crippen molar-refractivity contribution >= 4 is 45.4 Å². The molecule has 0 saturated carbocycles. The molecule has 0 N–H and O–H groups in total. The van der Waals surface area contributed by atoms with E-state index in [4.69, 9.17) is 9.47 Å². The summed E-state index contributed by atoms with van der Waals surface area (Å²) in [6.07, 6.45) is 24.6. The van der Waals surface area contributed by atoms with Crippen LogP contribution in [0.15, 0.2) is 0 Å². The molecule has 0 aromatic rings. The van der Waals surface area contributed by atoms with E-state index in [2.05, 4.69) is 41.5 Å². The molecule has 0 fully saturated rings. The second kappa shape index (κ2) is 31.1. The Labute approximate surface area is 278 Å². The Morgan fingerprint density at radius 2 is 0.860 bits per heavy atom. The topological polar surface area (TPSA) is 52.6 Å². The van der Waals surface area contributed by atoms with Gasteiger partial charge in [0.2, 0.25) is 0 Å². The number of hydrogen-bond acceptors (Lipinski definition) is 6. The number of ether oxygens (including phenoxy) is 2. The fourth-order valence-electron chi connectivity index (χ4n) is 5.49. The fraction of sp³-hybridized carbons (Fsp3) is 0.944. The van der Waals surface area contributed by atoms with E-state index < -0.39 is 15.6 Å². The second-order valence-electron chi connectivity index (χ2n) is 12.7. The number of carbonyl (C=O) groups is 2. The summed E-state index contributed by atoms with van der Waals surface area (Å²) in [7, 11) is 3.93. The zero-order chi connectivity index (χ0) is 32.0. The first-order chi connectivity index (χ1) is 20.9. The Morgan fingerprint density at radius 3 is 1.21 bits per heavy atom. The molecule has 0 aliphatic rings. The number of carbonyl (C=O) groups excluding carboxylic acids is 2. The van der Waals surface area contributed by atoms with Crippen LogP contribution < -0.4 is 0 Å². The predicted octanol–water partition coefficient (Wildman–Crippen LogP) is 12.1. The molecule has 7 heteroatoms. The summed E-state index contributed by atoms with van der Waals surface area (Å²) in [5.74, 6) is 1.78. The van der Waals surface area contributed by atoms with E-state index in [0.717, 1.165) is 25.7 Å². The van der Waals surface area contributed by atoms with Gasteiger partial charge in [0.05, 0.1) is 0 Å². The van der Waals surface area contributed by atoms with E-state index >= 15 is 0 Å². The van der Waals surface area contributed by atoms with Gasteiger partial charge in [0, 0.05) is 0 Å². The van der Waals surface area contributed by atoms with Crippen molar-refractivity contribution < 1.29 is 19.1 Å². The van der Waals surface area contributed by atoms with Gasteiger partial charge >= 0.3 is 280 Å². The van der Waals surface area contributed by atoms with Crippen LogP contribution in [0.4, 0.5) is 0 Å². The third-order valence-electron chi connectivity index (χ3n) is 8.78. The van der Waals surface area contributed by atoms with Gasteiger partial charge < -0.3 is 0 Å². The molecule has 256 valence electrons. The third-order valence-corrected chi connectivity index (χ3v) is 38.7. The van der Waals surface area contributed by atoms with Gasteiger partial charge in [0.25, 0.3) is 0 Å². The molecule has 2 atom stereocenters. The van der Waals surface area contributed by atoms with Gasteiger partial charge in [0.15, 0.2) is 0 Å². The van der Waals surface area contributed by atoms with Crippen LogP contribution in [-0.2, 0) is 19.1 Å². The average molecular weight is 752 g/mol. The molecule has 0 spiro atoms. The van der Waals surface area contributed by atoms with Gasteiger partial charge in [-0.15, -0.1) is 0 Å². The summed E-state index contributed by atoms with van der Waals surface area (Å²) in [4.78, 5) is 26.0. The first kappa shape index (κ1) is 43.4. The number of hydrogen-bond donors (Lipinski definition) is 0. The van der Waals surface area contributed by atoms with E-state index in [1.54, 1.807) is 0 Å². The SMILES string of the molecule is CCCCCCC[CH2][Sn]([CH2]CCCCCCC)([S]CC(=O)OC[C@@H](CC)CCCC)[S]CC(=O)OC[C@@H](CC)CCCC. The average Bonchev–Trinajstić information content (AvgIpc) is 3.02. The summed E-state index contributed by atoms with van der Waals surface area (Å²) in [5.41, 5.74) is 0. The van der Waals surface area contributed by atoms with Crippen LogP contribution in [0, 0.1) is 11.8 Å². The second-order valence-corrected chi connectivity index (χ2v) is 39.1. The van der Waals surface area contributed by atoms with Gasteiger partial charge in [-0.3, -0.25) is 0 Å². The Kier molecular flexibility index (Phi) is 31.4. The molecule has 4 nitrogen and oxygen atoms in total. The van der Waals surface area contributed by atoms with Gasteiger partial charge in [-0.1, -0.05) is 0 Å². The van der Waals surface area contributed by atoms with Crippen molar-refractivity contribution in [3.05, 3.63) is 0 Å². The molecule has 0 aromatic heterocycles. The molecule has 0 aliphatic heterocycles. The molecule has 0 saturated heterocycles. The Hall–Kier alpha value is 0.439. The monoisotopic (exact) mass is 752 g/mol. The number of esters is 2. The quantitative estimate of drug-likeness (QED) is 0.0388. The van der Waals surface area contributed by atoms with Gasteiger partial charge in [-0.05, 0) is 0 Å². The van der Waals surface area contributed by atoms with E-state index in [9.17, 15) is 9.59 Å². The molecule has 0 aromatic carbocycles. The third kappa shape index (κ3) is 25.2. The van der Waals surface area contributed by atoms with Crippen LogP contribution >= 0.6 is 17.9 Å². The molecule has 0 aliphatic carbocycles. The molecular formula is C36H72O4S2Sn. The van der Waals surface area contributed by atoms with Crippen LogP contribution in [-0.4, -0.2) is 52.3 Å². The number of unbranched alkanes of at least 4 members (excludes halogenated alkanes) is 12. The Morgan fingerprint density at radius 1 is 0.512 bits per heavy atom. The van der Waals surface area contributed by atoms with Crippen molar-refractivity contribution in [3.63, 3.8) is 0 Å². The molecule has 0 heterocycles. The summed E-state index contributed by atoms with van der Waals surface area (Å²) in [6, 6.07) is 0. The maximum atomic E-state index is 13.0. The Bertz CT molecular complexity index is 595. The predicted molar refractivity (Wildman–Crippen MR) is 196 cm³/mol. The first-order valence-corrected chi connectivity index (χ1v) is 31.5. The zero-order valence-electron chi connectivity index (χ0n) is 29.5. The molecule has 0 radical (unpaired) electrons. The first-order valence-electron chi connectivity index (χ1n) is 18.5. The summed E-state index contributed by atoms with van der Waals surface area (Å²) in [6.45, 7) is 14.5. The standard InChI is InChI=1S/2C10H20O2S.2C8H17.Sn/c2*1-3-5-6-9(4-2)7-12-10(11)8-13;2*1-3-5-7-8-6-4-2;/h2*9,13H,3-8H2,1-2H3;2*1,3-8H2,2H3;/q;;;;+2/p-2/t2*9-;;;/m00.../s1. The fourth-order valence-corrected chi connectivity index (χ4v) is 32.4. The molecule has 0 amide bonds. The normalized spacial score (nSPS) is 13.2. The van der Waals surface area contributed by atoms with Gasteiger partial charge in [-0.25, -0.2) is 0 Å².